The predicted molar refractivity (Wildman–Crippen MR) is 125 cm³/mol. The fourth-order valence-electron chi connectivity index (χ4n) is 3.29. The molecule has 27 heavy (non-hydrogen) atoms. The Balaban J connectivity index is 0.00000261. The van der Waals surface area contributed by atoms with Crippen LogP contribution in [0.3, 0.4) is 0 Å². The van der Waals surface area contributed by atoms with Gasteiger partial charge in [-0.25, -0.2) is 0 Å². The molecule has 0 spiro atoms. The van der Waals surface area contributed by atoms with Gasteiger partial charge in [-0.05, 0) is 42.7 Å². The summed E-state index contributed by atoms with van der Waals surface area (Å²) in [6, 6.07) is 10.1. The Morgan fingerprint density at radius 1 is 1.19 bits per heavy atom. The van der Waals surface area contributed by atoms with Gasteiger partial charge in [0.05, 0.1) is 10.7 Å². The largest absolute Gasteiger partial charge is 0.367 e. The summed E-state index contributed by atoms with van der Waals surface area (Å²) in [7, 11) is 1.85. The van der Waals surface area contributed by atoms with Crippen molar-refractivity contribution in [3.63, 3.8) is 0 Å². The van der Waals surface area contributed by atoms with E-state index in [-0.39, 0.29) is 24.0 Å². The molecule has 1 aromatic heterocycles. The van der Waals surface area contributed by atoms with Crippen LogP contribution in [-0.4, -0.2) is 55.6 Å². The van der Waals surface area contributed by atoms with E-state index >= 15 is 0 Å². The van der Waals surface area contributed by atoms with Crippen molar-refractivity contribution >= 4 is 47.2 Å². The van der Waals surface area contributed by atoms with Crippen molar-refractivity contribution in [1.29, 1.82) is 0 Å². The lowest BCUT2D eigenvalue weighted by atomic mass is 10.1. The Morgan fingerprint density at radius 2 is 1.93 bits per heavy atom. The first-order valence-electron chi connectivity index (χ1n) is 9.03. The molecule has 0 amide bonds. The monoisotopic (exact) mass is 499 g/mol. The van der Waals surface area contributed by atoms with Gasteiger partial charge in [0.1, 0.15) is 0 Å². The zero-order valence-electron chi connectivity index (χ0n) is 15.9. The molecular weight excluding hydrogens is 473 g/mol. The molecule has 2 heterocycles. The summed E-state index contributed by atoms with van der Waals surface area (Å²) in [6.07, 6.45) is 4.73. The van der Waals surface area contributed by atoms with Gasteiger partial charge in [-0.15, -0.1) is 24.0 Å². The summed E-state index contributed by atoms with van der Waals surface area (Å²) in [5, 5.41) is 4.31. The Morgan fingerprint density at radius 3 is 2.59 bits per heavy atom. The number of hydrogen-bond acceptors (Lipinski definition) is 3. The molecule has 1 aliphatic rings. The normalized spacial score (nSPS) is 14.7. The lowest BCUT2D eigenvalue weighted by molar-refractivity contribution is 0.373. The molecule has 1 N–H and O–H groups in total. The van der Waals surface area contributed by atoms with E-state index in [9.17, 15) is 0 Å². The van der Waals surface area contributed by atoms with Crippen molar-refractivity contribution < 1.29 is 0 Å². The van der Waals surface area contributed by atoms with Gasteiger partial charge in [-0.3, -0.25) is 9.98 Å². The molecule has 5 nitrogen and oxygen atoms in total. The molecule has 1 fully saturated rings. The van der Waals surface area contributed by atoms with Crippen LogP contribution in [-0.2, 0) is 6.42 Å². The number of guanidine groups is 1. The van der Waals surface area contributed by atoms with Crippen LogP contribution in [0.4, 0.5) is 5.69 Å². The minimum atomic E-state index is 0. The zero-order chi connectivity index (χ0) is 18.4. The molecule has 0 unspecified atom stereocenters. The van der Waals surface area contributed by atoms with Crippen molar-refractivity contribution in [1.82, 2.24) is 15.2 Å². The number of aromatic nitrogens is 1. The van der Waals surface area contributed by atoms with Crippen molar-refractivity contribution in [3.05, 3.63) is 58.9 Å². The molecule has 0 atom stereocenters. The predicted octanol–water partition coefficient (Wildman–Crippen LogP) is 3.60. The number of rotatable bonds is 4. The minimum Gasteiger partial charge on any atom is -0.367 e. The maximum atomic E-state index is 6.33. The highest BCUT2D eigenvalue weighted by molar-refractivity contribution is 14.0. The first-order valence-corrected chi connectivity index (χ1v) is 9.41. The first-order chi connectivity index (χ1) is 12.7. The summed E-state index contributed by atoms with van der Waals surface area (Å²) >= 11 is 6.33. The Bertz CT molecular complexity index is 760. The maximum absolute atomic E-state index is 6.33. The molecule has 2 aromatic rings. The van der Waals surface area contributed by atoms with E-state index in [0.29, 0.717) is 0 Å². The third-order valence-corrected chi connectivity index (χ3v) is 5.12. The van der Waals surface area contributed by atoms with Gasteiger partial charge in [-0.1, -0.05) is 23.7 Å². The van der Waals surface area contributed by atoms with Gasteiger partial charge in [-0.2, -0.15) is 0 Å². The molecule has 146 valence electrons. The van der Waals surface area contributed by atoms with E-state index in [2.05, 4.69) is 44.1 Å². The van der Waals surface area contributed by atoms with Gasteiger partial charge in [0.15, 0.2) is 5.96 Å². The molecule has 1 aromatic carbocycles. The molecule has 7 heteroatoms. The summed E-state index contributed by atoms with van der Waals surface area (Å²) in [6.45, 7) is 6.70. The second kappa shape index (κ2) is 10.7. The molecular formula is C20H27ClIN5. The summed E-state index contributed by atoms with van der Waals surface area (Å²) < 4.78 is 0. The average Bonchev–Trinajstić information content (AvgIpc) is 2.67. The SMILES string of the molecule is CN=C(NCCc1ccncc1C)N1CCN(c2ccccc2Cl)CC1.I. The second-order valence-corrected chi connectivity index (χ2v) is 6.86. The highest BCUT2D eigenvalue weighted by atomic mass is 127. The fraction of sp³-hybridized carbons (Fsp3) is 0.400. The van der Waals surface area contributed by atoms with Gasteiger partial charge >= 0.3 is 0 Å². The minimum absolute atomic E-state index is 0. The molecule has 1 aliphatic heterocycles. The lowest BCUT2D eigenvalue weighted by Gasteiger charge is -2.38. The fourth-order valence-corrected chi connectivity index (χ4v) is 3.55. The average molecular weight is 500 g/mol. The molecule has 0 aliphatic carbocycles. The number of nitrogens with one attached hydrogen (secondary N) is 1. The van der Waals surface area contributed by atoms with E-state index in [1.54, 1.807) is 0 Å². The molecule has 1 saturated heterocycles. The number of nitrogens with zero attached hydrogens (tertiary/aromatic N) is 4. The summed E-state index contributed by atoms with van der Waals surface area (Å²) in [4.78, 5) is 13.3. The summed E-state index contributed by atoms with van der Waals surface area (Å²) in [5.74, 6) is 0.968. The second-order valence-electron chi connectivity index (χ2n) is 6.45. The third-order valence-electron chi connectivity index (χ3n) is 4.80. The van der Waals surface area contributed by atoms with Crippen molar-refractivity contribution in [2.75, 3.05) is 44.7 Å². The van der Waals surface area contributed by atoms with Gasteiger partial charge in [0.2, 0.25) is 0 Å². The number of para-hydroxylation sites is 1. The number of benzene rings is 1. The van der Waals surface area contributed by atoms with Crippen LogP contribution in [0.15, 0.2) is 47.7 Å². The lowest BCUT2D eigenvalue weighted by Crippen LogP contribution is -2.52. The maximum Gasteiger partial charge on any atom is 0.193 e. The van der Waals surface area contributed by atoms with E-state index in [4.69, 9.17) is 11.6 Å². The van der Waals surface area contributed by atoms with Crippen LogP contribution >= 0.6 is 35.6 Å². The van der Waals surface area contributed by atoms with E-state index in [0.717, 1.165) is 55.8 Å². The van der Waals surface area contributed by atoms with Gasteiger partial charge < -0.3 is 15.1 Å². The van der Waals surface area contributed by atoms with Crippen molar-refractivity contribution in [3.8, 4) is 0 Å². The highest BCUT2D eigenvalue weighted by Crippen LogP contribution is 2.25. The number of piperazine rings is 1. The van der Waals surface area contributed by atoms with Crippen molar-refractivity contribution in [2.24, 2.45) is 4.99 Å². The van der Waals surface area contributed by atoms with Gasteiger partial charge in [0, 0.05) is 52.2 Å². The molecule has 0 radical (unpaired) electrons. The molecule has 0 bridgehead atoms. The standard InChI is InChI=1S/C20H26ClN5.HI/c1-16-15-23-9-7-17(16)8-10-24-20(22-2)26-13-11-25(12-14-26)19-6-4-3-5-18(19)21;/h3-7,9,15H,8,10-14H2,1-2H3,(H,22,24);1H. The highest BCUT2D eigenvalue weighted by Gasteiger charge is 2.20. The number of anilines is 1. The number of halogens is 2. The number of aliphatic imine (C=N–C) groups is 1. The van der Waals surface area contributed by atoms with Crippen LogP contribution in [0, 0.1) is 6.92 Å². The van der Waals surface area contributed by atoms with Crippen molar-refractivity contribution in [2.45, 2.75) is 13.3 Å². The summed E-state index contributed by atoms with van der Waals surface area (Å²) in [5.41, 5.74) is 3.68. The topological polar surface area (TPSA) is 43.8 Å². The number of hydrogen-bond donors (Lipinski definition) is 1. The van der Waals surface area contributed by atoms with Gasteiger partial charge in [0.25, 0.3) is 0 Å². The smallest absolute Gasteiger partial charge is 0.193 e. The first kappa shape index (κ1) is 21.8. The van der Waals surface area contributed by atoms with Crippen LogP contribution in [0.1, 0.15) is 11.1 Å². The molecule has 3 rings (SSSR count). The van der Waals surface area contributed by atoms with Crippen LogP contribution in [0.5, 0.6) is 0 Å². The van der Waals surface area contributed by atoms with Crippen LogP contribution in [0.25, 0.3) is 0 Å². The zero-order valence-corrected chi connectivity index (χ0v) is 18.9. The Labute approximate surface area is 183 Å². The Kier molecular flexibility index (Phi) is 8.63. The van der Waals surface area contributed by atoms with E-state index < -0.39 is 0 Å². The van der Waals surface area contributed by atoms with Crippen LogP contribution in [0.2, 0.25) is 5.02 Å². The quantitative estimate of drug-likeness (QED) is 0.397. The van der Waals surface area contributed by atoms with E-state index in [1.165, 1.54) is 11.1 Å². The Hall–Kier alpha value is -1.54. The number of pyridine rings is 1. The third kappa shape index (κ3) is 5.72. The van der Waals surface area contributed by atoms with E-state index in [1.807, 2.05) is 37.6 Å². The number of aryl methyl sites for hydroxylation is 1. The molecule has 0 saturated carbocycles. The van der Waals surface area contributed by atoms with Crippen LogP contribution < -0.4 is 10.2 Å².